The van der Waals surface area contributed by atoms with E-state index in [9.17, 15) is 14.5 Å². The van der Waals surface area contributed by atoms with Crippen LogP contribution in [0.3, 0.4) is 0 Å². The highest BCUT2D eigenvalue weighted by Gasteiger charge is 2.12. The number of benzene rings is 1. The molecule has 0 bridgehead atoms. The maximum Gasteiger partial charge on any atom is 0.433 e. The third-order valence-electron chi connectivity index (χ3n) is 2.23. The molecule has 7 heteroatoms. The van der Waals surface area contributed by atoms with Crippen molar-refractivity contribution < 1.29 is 13.7 Å². The fraction of sp³-hybridized carbons (Fsp3) is 0.0909. The van der Waals surface area contributed by atoms with E-state index in [1.54, 1.807) is 6.07 Å². The van der Waals surface area contributed by atoms with Crippen LogP contribution in [0.15, 0.2) is 34.7 Å². The Morgan fingerprint density at radius 2 is 2.17 bits per heavy atom. The normalized spacial score (nSPS) is 10.3. The summed E-state index contributed by atoms with van der Waals surface area (Å²) in [6.07, 6.45) is 0. The van der Waals surface area contributed by atoms with E-state index in [0.717, 1.165) is 0 Å². The maximum absolute atomic E-state index is 13.5. The van der Waals surface area contributed by atoms with Crippen LogP contribution in [-0.2, 0) is 6.54 Å². The summed E-state index contributed by atoms with van der Waals surface area (Å²) in [4.78, 5) is 9.77. The number of furan rings is 1. The van der Waals surface area contributed by atoms with Gasteiger partial charge in [-0.1, -0.05) is 17.7 Å². The van der Waals surface area contributed by atoms with Gasteiger partial charge in [-0.25, -0.2) is 4.39 Å². The molecule has 94 valence electrons. The van der Waals surface area contributed by atoms with Crippen LogP contribution in [0.25, 0.3) is 0 Å². The van der Waals surface area contributed by atoms with E-state index in [1.807, 2.05) is 0 Å². The lowest BCUT2D eigenvalue weighted by Crippen LogP contribution is -2.00. The monoisotopic (exact) mass is 270 g/mol. The molecule has 0 spiro atoms. The summed E-state index contributed by atoms with van der Waals surface area (Å²) in [7, 11) is 0. The average molecular weight is 271 g/mol. The SMILES string of the molecule is O=[N+]([O-])c1ccc(CNc2cccc(Cl)c2F)o1. The number of anilines is 1. The molecule has 2 aromatic rings. The largest absolute Gasteiger partial charge is 0.433 e. The topological polar surface area (TPSA) is 68.3 Å². The second-order valence-electron chi connectivity index (χ2n) is 3.45. The molecule has 1 aromatic carbocycles. The van der Waals surface area contributed by atoms with E-state index in [4.69, 9.17) is 16.0 Å². The molecule has 0 radical (unpaired) electrons. The molecule has 5 nitrogen and oxygen atoms in total. The zero-order chi connectivity index (χ0) is 13.1. The highest BCUT2D eigenvalue weighted by atomic mass is 35.5. The van der Waals surface area contributed by atoms with Gasteiger partial charge < -0.3 is 9.73 Å². The molecule has 0 fully saturated rings. The van der Waals surface area contributed by atoms with Gasteiger partial charge in [0, 0.05) is 0 Å². The summed E-state index contributed by atoms with van der Waals surface area (Å²) in [6, 6.07) is 7.23. The highest BCUT2D eigenvalue weighted by Crippen LogP contribution is 2.23. The van der Waals surface area contributed by atoms with Crippen LogP contribution in [0.5, 0.6) is 0 Å². The van der Waals surface area contributed by atoms with Gasteiger partial charge in [0.05, 0.1) is 23.3 Å². The van der Waals surface area contributed by atoms with Crippen LogP contribution in [0.1, 0.15) is 5.76 Å². The predicted octanol–water partition coefficient (Wildman–Crippen LogP) is 3.59. The Labute approximate surface area is 106 Å². The second kappa shape index (κ2) is 5.05. The van der Waals surface area contributed by atoms with Gasteiger partial charge >= 0.3 is 5.88 Å². The number of halogens is 2. The summed E-state index contributed by atoms with van der Waals surface area (Å²) in [5.74, 6) is -0.584. The minimum absolute atomic E-state index is 0.00502. The number of hydrogen-bond donors (Lipinski definition) is 1. The molecule has 1 N–H and O–H groups in total. The maximum atomic E-state index is 13.5. The van der Waals surface area contributed by atoms with Crippen molar-refractivity contribution in [3.8, 4) is 0 Å². The van der Waals surface area contributed by atoms with Gasteiger partial charge in [-0.2, -0.15) is 0 Å². The molecule has 1 aromatic heterocycles. The van der Waals surface area contributed by atoms with Crippen LogP contribution in [0.4, 0.5) is 16.0 Å². The van der Waals surface area contributed by atoms with E-state index in [0.29, 0.717) is 5.76 Å². The summed E-state index contributed by atoms with van der Waals surface area (Å²) in [5, 5.41) is 13.2. The number of rotatable bonds is 4. The molecule has 0 saturated carbocycles. The Morgan fingerprint density at radius 3 is 2.83 bits per heavy atom. The van der Waals surface area contributed by atoms with Gasteiger partial charge in [0.2, 0.25) is 0 Å². The first-order chi connectivity index (χ1) is 8.58. The minimum Gasteiger partial charge on any atom is -0.404 e. The molecule has 1 heterocycles. The van der Waals surface area contributed by atoms with E-state index in [1.165, 1.54) is 24.3 Å². The van der Waals surface area contributed by atoms with Crippen LogP contribution in [0.2, 0.25) is 5.02 Å². The zero-order valence-electron chi connectivity index (χ0n) is 9.02. The molecule has 0 amide bonds. The molecule has 0 aliphatic rings. The fourth-order valence-corrected chi connectivity index (χ4v) is 1.56. The standard InChI is InChI=1S/C11H8ClFN2O3/c12-8-2-1-3-9(11(8)13)14-6-7-4-5-10(18-7)15(16)17/h1-5,14H,6H2. The third-order valence-corrected chi connectivity index (χ3v) is 2.52. The molecule has 2 rings (SSSR count). The van der Waals surface area contributed by atoms with Crippen LogP contribution < -0.4 is 5.32 Å². The molecule has 18 heavy (non-hydrogen) atoms. The lowest BCUT2D eigenvalue weighted by atomic mass is 10.3. The van der Waals surface area contributed by atoms with E-state index >= 15 is 0 Å². The van der Waals surface area contributed by atoms with Gasteiger partial charge in [0.25, 0.3) is 0 Å². The van der Waals surface area contributed by atoms with Crippen LogP contribution >= 0.6 is 11.6 Å². The Bertz CT molecular complexity index is 585. The van der Waals surface area contributed by atoms with E-state index in [-0.39, 0.29) is 23.1 Å². The molecule has 0 unspecified atom stereocenters. The summed E-state index contributed by atoms with van der Waals surface area (Å²) < 4.78 is 18.4. The second-order valence-corrected chi connectivity index (χ2v) is 3.86. The lowest BCUT2D eigenvalue weighted by Gasteiger charge is -2.06. The molecular weight excluding hydrogens is 263 g/mol. The lowest BCUT2D eigenvalue weighted by molar-refractivity contribution is -0.402. The molecule has 0 saturated heterocycles. The smallest absolute Gasteiger partial charge is 0.404 e. The summed E-state index contributed by atoms with van der Waals surface area (Å²) >= 11 is 5.61. The third kappa shape index (κ3) is 2.60. The number of nitrogens with zero attached hydrogens (tertiary/aromatic N) is 1. The fourth-order valence-electron chi connectivity index (χ4n) is 1.38. The first kappa shape index (κ1) is 12.4. The van der Waals surface area contributed by atoms with Gasteiger partial charge in [-0.3, -0.25) is 10.1 Å². The van der Waals surface area contributed by atoms with Crippen molar-refractivity contribution in [1.29, 1.82) is 0 Å². The quantitative estimate of drug-likeness (QED) is 0.681. The van der Waals surface area contributed by atoms with E-state index in [2.05, 4.69) is 5.32 Å². The van der Waals surface area contributed by atoms with Crippen molar-refractivity contribution in [1.82, 2.24) is 0 Å². The van der Waals surface area contributed by atoms with Gasteiger partial charge in [0.1, 0.15) is 10.7 Å². The minimum atomic E-state index is -0.635. The van der Waals surface area contributed by atoms with E-state index < -0.39 is 10.7 Å². The highest BCUT2D eigenvalue weighted by molar-refractivity contribution is 6.31. The Morgan fingerprint density at radius 1 is 1.39 bits per heavy atom. The van der Waals surface area contributed by atoms with Gasteiger partial charge in [-0.05, 0) is 18.2 Å². The van der Waals surface area contributed by atoms with Gasteiger partial charge in [0.15, 0.2) is 5.82 Å². The number of hydrogen-bond acceptors (Lipinski definition) is 4. The number of nitro groups is 1. The summed E-state index contributed by atoms with van der Waals surface area (Å²) in [5.41, 5.74) is 0.210. The Balaban J connectivity index is 2.07. The van der Waals surface area contributed by atoms with Crippen molar-refractivity contribution >= 4 is 23.2 Å². The summed E-state index contributed by atoms with van der Waals surface area (Å²) in [6.45, 7) is 0.130. The number of nitrogens with one attached hydrogen (secondary N) is 1. The first-order valence-corrected chi connectivity index (χ1v) is 5.36. The molecule has 0 aliphatic heterocycles. The molecular formula is C11H8ClFN2O3. The molecule has 0 aliphatic carbocycles. The van der Waals surface area contributed by atoms with Crippen molar-refractivity contribution in [2.24, 2.45) is 0 Å². The average Bonchev–Trinajstić information content (AvgIpc) is 2.80. The molecule has 0 atom stereocenters. The van der Waals surface area contributed by atoms with Crippen LogP contribution in [0, 0.1) is 15.9 Å². The van der Waals surface area contributed by atoms with Crippen molar-refractivity contribution in [3.05, 3.63) is 57.0 Å². The van der Waals surface area contributed by atoms with Crippen molar-refractivity contribution in [3.63, 3.8) is 0 Å². The first-order valence-electron chi connectivity index (χ1n) is 4.99. The Hall–Kier alpha value is -2.08. The zero-order valence-corrected chi connectivity index (χ0v) is 9.78. The van der Waals surface area contributed by atoms with Crippen molar-refractivity contribution in [2.45, 2.75) is 6.54 Å². The van der Waals surface area contributed by atoms with Crippen LogP contribution in [-0.4, -0.2) is 4.92 Å². The predicted molar refractivity (Wildman–Crippen MR) is 64.1 cm³/mol. The Kier molecular flexibility index (Phi) is 3.47. The van der Waals surface area contributed by atoms with Crippen molar-refractivity contribution in [2.75, 3.05) is 5.32 Å². The van der Waals surface area contributed by atoms with Gasteiger partial charge in [-0.15, -0.1) is 0 Å².